The normalized spacial score (nSPS) is 10.8. The van der Waals surface area contributed by atoms with Gasteiger partial charge in [-0.3, -0.25) is 4.79 Å². The highest BCUT2D eigenvalue weighted by Crippen LogP contribution is 2.13. The van der Waals surface area contributed by atoms with Gasteiger partial charge in [0.1, 0.15) is 0 Å². The van der Waals surface area contributed by atoms with Crippen LogP contribution >= 0.6 is 11.8 Å². The smallest absolute Gasteiger partial charge is 0.188 e. The molecule has 0 amide bonds. The summed E-state index contributed by atoms with van der Waals surface area (Å²) in [4.78, 5) is 11.3. The van der Waals surface area contributed by atoms with Crippen molar-refractivity contribution >= 4 is 16.9 Å². The van der Waals surface area contributed by atoms with Crippen LogP contribution in [0.15, 0.2) is 0 Å². The van der Waals surface area contributed by atoms with Gasteiger partial charge in [-0.05, 0) is 12.8 Å². The zero-order valence-corrected chi connectivity index (χ0v) is 13.3. The molecule has 0 saturated heterocycles. The van der Waals surface area contributed by atoms with E-state index in [0.29, 0.717) is 5.12 Å². The van der Waals surface area contributed by atoms with Crippen molar-refractivity contribution in [1.82, 2.24) is 0 Å². The van der Waals surface area contributed by atoms with Gasteiger partial charge in [0.2, 0.25) is 0 Å². The van der Waals surface area contributed by atoms with Crippen molar-refractivity contribution in [3.8, 4) is 0 Å². The van der Waals surface area contributed by atoms with Gasteiger partial charge in [0.05, 0.1) is 0 Å². The highest BCUT2D eigenvalue weighted by atomic mass is 32.2. The van der Waals surface area contributed by atoms with Gasteiger partial charge in [-0.1, -0.05) is 83.4 Å². The third kappa shape index (κ3) is 14.1. The van der Waals surface area contributed by atoms with Crippen molar-refractivity contribution in [3.05, 3.63) is 0 Å². The topological polar surface area (TPSA) is 17.1 Å². The van der Waals surface area contributed by atoms with Crippen molar-refractivity contribution in [2.45, 2.75) is 90.9 Å². The quantitative estimate of drug-likeness (QED) is 0.384. The predicted molar refractivity (Wildman–Crippen MR) is 84.2 cm³/mol. The van der Waals surface area contributed by atoms with Crippen molar-refractivity contribution in [3.63, 3.8) is 0 Å². The molecular formula is C16H32OS. The van der Waals surface area contributed by atoms with Crippen LogP contribution in [0, 0.1) is 0 Å². The summed E-state index contributed by atoms with van der Waals surface area (Å²) < 4.78 is 0. The first-order valence-electron chi connectivity index (χ1n) is 7.96. The summed E-state index contributed by atoms with van der Waals surface area (Å²) in [7, 11) is 0. The molecule has 0 aromatic heterocycles. The minimum atomic E-state index is 0.383. The van der Waals surface area contributed by atoms with E-state index in [1.165, 1.54) is 76.0 Å². The maximum atomic E-state index is 11.3. The lowest BCUT2D eigenvalue weighted by Gasteiger charge is -2.02. The van der Waals surface area contributed by atoms with Crippen LogP contribution in [0.2, 0.25) is 0 Å². The molecule has 0 aliphatic heterocycles. The molecule has 0 rings (SSSR count). The standard InChI is InChI=1S/C16H32OS/c1-3-5-6-7-8-9-10-11-12-13-15-18-16(17)14-4-2/h3-15H2,1-2H3. The largest absolute Gasteiger partial charge is 0.287 e. The Kier molecular flexibility index (Phi) is 15.1. The van der Waals surface area contributed by atoms with Gasteiger partial charge in [-0.15, -0.1) is 0 Å². The number of rotatable bonds is 13. The van der Waals surface area contributed by atoms with Crippen LogP contribution in [-0.4, -0.2) is 10.9 Å². The molecule has 18 heavy (non-hydrogen) atoms. The van der Waals surface area contributed by atoms with Crippen LogP contribution in [0.4, 0.5) is 0 Å². The Balaban J connectivity index is 3.01. The molecule has 1 nitrogen and oxygen atoms in total. The summed E-state index contributed by atoms with van der Waals surface area (Å²) >= 11 is 1.54. The Bertz CT molecular complexity index is 180. The van der Waals surface area contributed by atoms with Gasteiger partial charge >= 0.3 is 0 Å². The second-order valence-corrected chi connectivity index (χ2v) is 6.30. The fourth-order valence-electron chi connectivity index (χ4n) is 2.05. The molecule has 0 heterocycles. The van der Waals surface area contributed by atoms with Gasteiger partial charge in [-0.25, -0.2) is 0 Å². The molecule has 0 unspecified atom stereocenters. The van der Waals surface area contributed by atoms with Crippen LogP contribution < -0.4 is 0 Å². The van der Waals surface area contributed by atoms with Crippen molar-refractivity contribution in [1.29, 1.82) is 0 Å². The van der Waals surface area contributed by atoms with E-state index in [4.69, 9.17) is 0 Å². The van der Waals surface area contributed by atoms with Gasteiger partial charge in [0.15, 0.2) is 5.12 Å². The van der Waals surface area contributed by atoms with E-state index < -0.39 is 0 Å². The molecule has 0 aromatic rings. The number of unbranched alkanes of at least 4 members (excludes halogenated alkanes) is 9. The van der Waals surface area contributed by atoms with Gasteiger partial charge in [0.25, 0.3) is 0 Å². The first-order valence-corrected chi connectivity index (χ1v) is 8.95. The molecule has 0 atom stereocenters. The van der Waals surface area contributed by atoms with Crippen LogP contribution in [-0.2, 0) is 4.79 Å². The summed E-state index contributed by atoms with van der Waals surface area (Å²) in [5.74, 6) is 1.04. The number of hydrogen-bond donors (Lipinski definition) is 0. The van der Waals surface area contributed by atoms with Crippen molar-refractivity contribution < 1.29 is 4.79 Å². The maximum absolute atomic E-state index is 11.3. The van der Waals surface area contributed by atoms with Crippen LogP contribution in [0.25, 0.3) is 0 Å². The number of carbonyl (C=O) groups is 1. The Morgan fingerprint density at radius 3 is 1.72 bits per heavy atom. The third-order valence-electron chi connectivity index (χ3n) is 3.22. The molecule has 108 valence electrons. The average molecular weight is 272 g/mol. The molecule has 0 N–H and O–H groups in total. The van der Waals surface area contributed by atoms with E-state index in [0.717, 1.165) is 18.6 Å². The van der Waals surface area contributed by atoms with Crippen LogP contribution in [0.1, 0.15) is 90.9 Å². The van der Waals surface area contributed by atoms with E-state index in [9.17, 15) is 4.79 Å². The SMILES string of the molecule is CCCCCCCCCCCCSC(=O)CCC. The molecule has 0 bridgehead atoms. The number of hydrogen-bond acceptors (Lipinski definition) is 2. The zero-order valence-electron chi connectivity index (χ0n) is 12.5. The molecule has 0 radical (unpaired) electrons. The monoisotopic (exact) mass is 272 g/mol. The Morgan fingerprint density at radius 2 is 1.22 bits per heavy atom. The molecule has 0 aliphatic rings. The van der Waals surface area contributed by atoms with E-state index in [2.05, 4.69) is 13.8 Å². The Labute approximate surface area is 118 Å². The molecule has 0 saturated carbocycles. The summed E-state index contributed by atoms with van der Waals surface area (Å²) in [5, 5.41) is 0.383. The lowest BCUT2D eigenvalue weighted by Crippen LogP contribution is -1.92. The van der Waals surface area contributed by atoms with Crippen molar-refractivity contribution in [2.75, 3.05) is 5.75 Å². The fraction of sp³-hybridized carbons (Fsp3) is 0.938. The maximum Gasteiger partial charge on any atom is 0.188 e. The number of thioether (sulfide) groups is 1. The summed E-state index contributed by atoms with van der Waals surface area (Å²) in [6.07, 6.45) is 15.4. The van der Waals surface area contributed by atoms with Gasteiger partial charge in [0, 0.05) is 12.2 Å². The van der Waals surface area contributed by atoms with E-state index in [-0.39, 0.29) is 0 Å². The average Bonchev–Trinajstić information content (AvgIpc) is 2.36. The second kappa shape index (κ2) is 15.1. The predicted octanol–water partition coefficient (Wildman–Crippen LogP) is 5.97. The Hall–Kier alpha value is 0.0200. The molecule has 0 aliphatic carbocycles. The van der Waals surface area contributed by atoms with Crippen molar-refractivity contribution in [2.24, 2.45) is 0 Å². The molecule has 2 heteroatoms. The first kappa shape index (κ1) is 18.0. The van der Waals surface area contributed by atoms with E-state index >= 15 is 0 Å². The lowest BCUT2D eigenvalue weighted by molar-refractivity contribution is -0.111. The number of carbonyl (C=O) groups excluding carboxylic acids is 1. The molecule has 0 spiro atoms. The first-order chi connectivity index (χ1) is 8.81. The zero-order chi connectivity index (χ0) is 13.5. The summed E-state index contributed by atoms with van der Waals surface area (Å²) in [6.45, 7) is 4.34. The minimum Gasteiger partial charge on any atom is -0.287 e. The van der Waals surface area contributed by atoms with E-state index in [1.54, 1.807) is 0 Å². The van der Waals surface area contributed by atoms with Gasteiger partial charge in [-0.2, -0.15) is 0 Å². The third-order valence-corrected chi connectivity index (χ3v) is 4.23. The highest BCUT2D eigenvalue weighted by Gasteiger charge is 2.00. The van der Waals surface area contributed by atoms with Crippen LogP contribution in [0.5, 0.6) is 0 Å². The fourth-order valence-corrected chi connectivity index (χ4v) is 2.98. The molecule has 0 fully saturated rings. The Morgan fingerprint density at radius 1 is 0.722 bits per heavy atom. The molecule has 0 aromatic carbocycles. The molecular weight excluding hydrogens is 240 g/mol. The van der Waals surface area contributed by atoms with Crippen LogP contribution in [0.3, 0.4) is 0 Å². The minimum absolute atomic E-state index is 0.383. The summed E-state index contributed by atoms with van der Waals surface area (Å²) in [5.41, 5.74) is 0. The summed E-state index contributed by atoms with van der Waals surface area (Å²) in [6, 6.07) is 0. The van der Waals surface area contributed by atoms with Gasteiger partial charge < -0.3 is 0 Å². The highest BCUT2D eigenvalue weighted by molar-refractivity contribution is 8.13. The second-order valence-electron chi connectivity index (χ2n) is 5.15. The lowest BCUT2D eigenvalue weighted by atomic mass is 10.1. The van der Waals surface area contributed by atoms with E-state index in [1.807, 2.05) is 0 Å².